The fourth-order valence-corrected chi connectivity index (χ4v) is 3.95. The summed E-state index contributed by atoms with van der Waals surface area (Å²) in [6.07, 6.45) is 3.09. The molecule has 3 rings (SSSR count). The fraction of sp³-hybridized carbons (Fsp3) is 0.458. The van der Waals surface area contributed by atoms with E-state index in [9.17, 15) is 0 Å². The molecular formula is C24H34N6S. The number of rotatable bonds is 10. The van der Waals surface area contributed by atoms with E-state index in [1.54, 1.807) is 11.3 Å². The first kappa shape index (κ1) is 23.0. The summed E-state index contributed by atoms with van der Waals surface area (Å²) in [6.45, 7) is 8.63. The molecule has 0 aliphatic rings. The highest BCUT2D eigenvalue weighted by molar-refractivity contribution is 7.09. The number of thiophene rings is 1. The summed E-state index contributed by atoms with van der Waals surface area (Å²) in [4.78, 5) is 6.11. The predicted molar refractivity (Wildman–Crippen MR) is 130 cm³/mol. The van der Waals surface area contributed by atoms with Gasteiger partial charge in [-0.15, -0.1) is 21.5 Å². The van der Waals surface area contributed by atoms with Gasteiger partial charge in [-0.1, -0.05) is 44.2 Å². The number of hydrogen-bond donors (Lipinski definition) is 2. The fourth-order valence-electron chi connectivity index (χ4n) is 3.24. The highest BCUT2D eigenvalue weighted by Gasteiger charge is 2.06. The van der Waals surface area contributed by atoms with Gasteiger partial charge in [0.15, 0.2) is 11.8 Å². The lowest BCUT2D eigenvalue weighted by Gasteiger charge is -2.13. The lowest BCUT2D eigenvalue weighted by molar-refractivity contribution is 0.723. The van der Waals surface area contributed by atoms with Crippen LogP contribution in [0.25, 0.3) is 0 Å². The molecule has 0 aliphatic heterocycles. The second-order valence-corrected chi connectivity index (χ2v) is 9.10. The third kappa shape index (κ3) is 7.21. The van der Waals surface area contributed by atoms with E-state index < -0.39 is 0 Å². The number of aryl methyl sites for hydroxylation is 2. The molecule has 2 N–H and O–H groups in total. The summed E-state index contributed by atoms with van der Waals surface area (Å²) in [5.74, 6) is 3.16. The monoisotopic (exact) mass is 438 g/mol. The lowest BCUT2D eigenvalue weighted by atomic mass is 10.0. The molecule has 0 spiro atoms. The number of nitrogens with zero attached hydrogens (tertiary/aromatic N) is 4. The SMILES string of the molecule is Cc1nnc(CN=C(NCCCc2ccc(C(C)C)cc2)NCCc2cccs2)n1C. The topological polar surface area (TPSA) is 67.1 Å². The van der Waals surface area contributed by atoms with Gasteiger partial charge in [0.25, 0.3) is 0 Å². The van der Waals surface area contributed by atoms with Crippen LogP contribution in [-0.4, -0.2) is 33.8 Å². The molecule has 0 saturated heterocycles. The van der Waals surface area contributed by atoms with Gasteiger partial charge in [-0.05, 0) is 54.7 Å². The van der Waals surface area contributed by atoms with Crippen molar-refractivity contribution in [3.8, 4) is 0 Å². The van der Waals surface area contributed by atoms with Gasteiger partial charge >= 0.3 is 0 Å². The van der Waals surface area contributed by atoms with Crippen molar-refractivity contribution in [2.75, 3.05) is 13.1 Å². The molecule has 0 unspecified atom stereocenters. The molecule has 7 heteroatoms. The second-order valence-electron chi connectivity index (χ2n) is 8.07. The highest BCUT2D eigenvalue weighted by atomic mass is 32.1. The molecular weight excluding hydrogens is 404 g/mol. The molecule has 0 atom stereocenters. The summed E-state index contributed by atoms with van der Waals surface area (Å²) in [7, 11) is 1.97. The van der Waals surface area contributed by atoms with Crippen molar-refractivity contribution in [3.63, 3.8) is 0 Å². The lowest BCUT2D eigenvalue weighted by Crippen LogP contribution is -2.39. The van der Waals surface area contributed by atoms with Crippen molar-refractivity contribution < 1.29 is 0 Å². The molecule has 0 bridgehead atoms. The van der Waals surface area contributed by atoms with Gasteiger partial charge in [-0.3, -0.25) is 0 Å². The molecule has 0 radical (unpaired) electrons. The Morgan fingerprint density at radius 1 is 1.06 bits per heavy atom. The van der Waals surface area contributed by atoms with Crippen LogP contribution in [0.4, 0.5) is 0 Å². The molecule has 2 aromatic heterocycles. The van der Waals surface area contributed by atoms with Gasteiger partial charge in [-0.2, -0.15) is 0 Å². The van der Waals surface area contributed by atoms with Gasteiger partial charge in [0, 0.05) is 25.0 Å². The summed E-state index contributed by atoms with van der Waals surface area (Å²) < 4.78 is 1.98. The van der Waals surface area contributed by atoms with E-state index in [4.69, 9.17) is 4.99 Å². The molecule has 166 valence electrons. The first-order chi connectivity index (χ1) is 15.0. The average Bonchev–Trinajstić information content (AvgIpc) is 3.40. The second kappa shape index (κ2) is 11.6. The maximum atomic E-state index is 4.74. The summed E-state index contributed by atoms with van der Waals surface area (Å²) in [5.41, 5.74) is 2.77. The molecule has 0 fully saturated rings. The van der Waals surface area contributed by atoms with Crippen LogP contribution in [0.5, 0.6) is 0 Å². The van der Waals surface area contributed by atoms with E-state index in [1.807, 2.05) is 18.5 Å². The van der Waals surface area contributed by atoms with Crippen LogP contribution in [0.2, 0.25) is 0 Å². The standard InChI is InChI=1S/C24H34N6S/c1-18(2)21-11-9-20(10-12-21)7-5-14-25-24(26-15-13-22-8-6-16-31-22)27-17-23-29-28-19(3)30(23)4/h6,8-12,16,18H,5,7,13-15,17H2,1-4H3,(H2,25,26,27). The van der Waals surface area contributed by atoms with Gasteiger partial charge < -0.3 is 15.2 Å². The molecule has 31 heavy (non-hydrogen) atoms. The Balaban J connectivity index is 1.51. The Labute approximate surface area is 189 Å². The van der Waals surface area contributed by atoms with Crippen molar-refractivity contribution in [3.05, 3.63) is 69.4 Å². The molecule has 0 aliphatic carbocycles. The summed E-state index contributed by atoms with van der Waals surface area (Å²) >= 11 is 1.79. The van der Waals surface area contributed by atoms with E-state index in [2.05, 4.69) is 76.5 Å². The largest absolute Gasteiger partial charge is 0.356 e. The van der Waals surface area contributed by atoms with Crippen molar-refractivity contribution in [1.82, 2.24) is 25.4 Å². The van der Waals surface area contributed by atoms with E-state index in [0.717, 1.165) is 50.0 Å². The normalized spacial score (nSPS) is 11.8. The summed E-state index contributed by atoms with van der Waals surface area (Å²) in [6, 6.07) is 13.3. The van der Waals surface area contributed by atoms with Crippen molar-refractivity contribution in [1.29, 1.82) is 0 Å². The van der Waals surface area contributed by atoms with Crippen LogP contribution < -0.4 is 10.6 Å². The van der Waals surface area contributed by atoms with Crippen LogP contribution in [0, 0.1) is 6.92 Å². The molecule has 3 aromatic rings. The van der Waals surface area contributed by atoms with Gasteiger partial charge in [-0.25, -0.2) is 4.99 Å². The van der Waals surface area contributed by atoms with Gasteiger partial charge in [0.1, 0.15) is 12.4 Å². The van der Waals surface area contributed by atoms with Crippen molar-refractivity contribution in [2.24, 2.45) is 12.0 Å². The zero-order valence-electron chi connectivity index (χ0n) is 19.1. The number of aromatic nitrogens is 3. The van der Waals surface area contributed by atoms with Crippen LogP contribution >= 0.6 is 11.3 Å². The van der Waals surface area contributed by atoms with Crippen LogP contribution in [0.15, 0.2) is 46.8 Å². The minimum atomic E-state index is 0.502. The first-order valence-electron chi connectivity index (χ1n) is 11.0. The molecule has 0 saturated carbocycles. The molecule has 1 aromatic carbocycles. The zero-order valence-corrected chi connectivity index (χ0v) is 19.9. The third-order valence-corrected chi connectivity index (χ3v) is 6.32. The Hall–Kier alpha value is -2.67. The van der Waals surface area contributed by atoms with Gasteiger partial charge in [0.05, 0.1) is 0 Å². The number of benzene rings is 1. The minimum absolute atomic E-state index is 0.502. The van der Waals surface area contributed by atoms with E-state index in [0.29, 0.717) is 12.5 Å². The number of hydrogen-bond acceptors (Lipinski definition) is 4. The van der Waals surface area contributed by atoms with Crippen LogP contribution in [0.3, 0.4) is 0 Å². The van der Waals surface area contributed by atoms with Crippen LogP contribution in [0.1, 0.15) is 53.8 Å². The molecule has 6 nitrogen and oxygen atoms in total. The third-order valence-electron chi connectivity index (χ3n) is 5.39. The van der Waals surface area contributed by atoms with E-state index in [1.165, 1.54) is 16.0 Å². The first-order valence-corrected chi connectivity index (χ1v) is 11.9. The highest BCUT2D eigenvalue weighted by Crippen LogP contribution is 2.15. The Bertz CT molecular complexity index is 941. The van der Waals surface area contributed by atoms with Gasteiger partial charge in [0.2, 0.25) is 0 Å². The number of nitrogens with one attached hydrogen (secondary N) is 2. The maximum Gasteiger partial charge on any atom is 0.191 e. The average molecular weight is 439 g/mol. The number of aliphatic imine (C=N–C) groups is 1. The zero-order chi connectivity index (χ0) is 22.1. The summed E-state index contributed by atoms with van der Waals surface area (Å²) in [5, 5.41) is 17.4. The predicted octanol–water partition coefficient (Wildman–Crippen LogP) is 4.22. The van der Waals surface area contributed by atoms with Crippen molar-refractivity contribution >= 4 is 17.3 Å². The Morgan fingerprint density at radius 3 is 2.48 bits per heavy atom. The van der Waals surface area contributed by atoms with Crippen molar-refractivity contribution in [2.45, 2.75) is 52.5 Å². The van der Waals surface area contributed by atoms with Crippen LogP contribution in [-0.2, 0) is 26.4 Å². The molecule has 0 amide bonds. The van der Waals surface area contributed by atoms with E-state index >= 15 is 0 Å². The smallest absolute Gasteiger partial charge is 0.191 e. The quantitative estimate of drug-likeness (QED) is 0.283. The van der Waals surface area contributed by atoms with E-state index in [-0.39, 0.29) is 0 Å². The number of guanidine groups is 1. The maximum absolute atomic E-state index is 4.74. The Kier molecular flexibility index (Phi) is 8.64. The molecule has 2 heterocycles. The minimum Gasteiger partial charge on any atom is -0.356 e. The Morgan fingerprint density at radius 2 is 1.84 bits per heavy atom.